The number of ether oxygens (including phenoxy) is 2. The van der Waals surface area contributed by atoms with Crippen molar-refractivity contribution in [1.82, 2.24) is 9.55 Å². The third-order valence-electron chi connectivity index (χ3n) is 4.75. The second-order valence-corrected chi connectivity index (χ2v) is 10.1. The number of nitrogens with one attached hydrogen (secondary N) is 1. The molecule has 18 nitrogen and oxygen atoms in total. The molecule has 20 heteroatoms. The molecule has 0 amide bonds. The Kier molecular flexibility index (Phi) is 8.28. The lowest BCUT2D eigenvalue weighted by atomic mass is 10.1. The summed E-state index contributed by atoms with van der Waals surface area (Å²) in [5, 5.41) is 48.6. The number of aliphatic hydroxyl groups is 5. The topological polar surface area (TPSA) is 282 Å². The van der Waals surface area contributed by atoms with Gasteiger partial charge in [0.15, 0.2) is 12.5 Å². The number of aliphatic hydroxyl groups excluding tert-OH is 5. The molecule has 2 aliphatic rings. The molecule has 2 fully saturated rings. The average Bonchev–Trinajstić information content (AvgIpc) is 3.00. The number of phosphoric acid groups is 2. The van der Waals surface area contributed by atoms with E-state index in [2.05, 4.69) is 18.1 Å². The maximum Gasteiger partial charge on any atom is 0.330 e. The van der Waals surface area contributed by atoms with Crippen molar-refractivity contribution in [3.63, 3.8) is 0 Å². The first-order valence-corrected chi connectivity index (χ1v) is 12.3. The van der Waals surface area contributed by atoms with E-state index in [0.717, 1.165) is 12.3 Å². The van der Waals surface area contributed by atoms with Crippen LogP contribution in [-0.4, -0.2) is 91.2 Å². The van der Waals surface area contributed by atoms with Crippen molar-refractivity contribution in [2.45, 2.75) is 49.1 Å². The Labute approximate surface area is 188 Å². The molecule has 3 heterocycles. The molecule has 3 rings (SSSR count). The molecule has 10 atom stereocenters. The van der Waals surface area contributed by atoms with Gasteiger partial charge in [0.2, 0.25) is 0 Å². The number of rotatable bonds is 8. The molecule has 1 aromatic rings. The fourth-order valence-electron chi connectivity index (χ4n) is 3.05. The lowest BCUT2D eigenvalue weighted by Crippen LogP contribution is -2.53. The highest BCUT2D eigenvalue weighted by molar-refractivity contribution is 7.59. The van der Waals surface area contributed by atoms with Crippen LogP contribution in [0.4, 0.5) is 0 Å². The van der Waals surface area contributed by atoms with Crippen molar-refractivity contribution in [3.8, 4) is 0 Å². The molecule has 194 valence electrons. The van der Waals surface area contributed by atoms with Crippen LogP contribution in [0.2, 0.25) is 0 Å². The summed E-state index contributed by atoms with van der Waals surface area (Å²) in [6, 6.07) is 0.922. The van der Waals surface area contributed by atoms with Crippen LogP contribution in [0.5, 0.6) is 0 Å². The molecule has 0 aromatic carbocycles. The third kappa shape index (κ3) is 6.26. The van der Waals surface area contributed by atoms with Gasteiger partial charge in [0.05, 0.1) is 13.2 Å². The van der Waals surface area contributed by atoms with Crippen LogP contribution in [0.15, 0.2) is 21.9 Å². The van der Waals surface area contributed by atoms with Gasteiger partial charge in [0, 0.05) is 12.3 Å². The number of H-pyrrole nitrogens is 1. The molecular formula is C14H20N2O16P2-2. The molecule has 0 bridgehead atoms. The standard InChI is InChI=1S/C14H22N2O16P2/c17-5-3-28-13(11(22)8(5)19)31-34(26,27)32-33(24,25)29-4-6-9(20)10(21)12(30-6)16-2-1-7(18)15-14(16)23/h1-2,5-6,8-13,17,19-22H,3-4H2,(H,24,25)(H,26,27)(H,15,18,23)/p-2/t5-,6+,8-,9+,10+,11+,12+,13+/m0/s1. The van der Waals surface area contributed by atoms with Crippen molar-refractivity contribution in [1.29, 1.82) is 0 Å². The highest BCUT2D eigenvalue weighted by Crippen LogP contribution is 2.56. The lowest BCUT2D eigenvalue weighted by molar-refractivity contribution is -0.285. The SMILES string of the molecule is O=c1ccn([C@@H]2O[C@H](COP(=O)([O-])OP(=O)([O-])O[C@H]3OC[C@H](O)[C@H](O)[C@H]3O)[C@@H](O)[C@H]2O)c(=O)[nH]1. The van der Waals surface area contributed by atoms with E-state index in [1.807, 2.05) is 4.98 Å². The second-order valence-electron chi connectivity index (χ2n) is 7.19. The molecule has 0 radical (unpaired) electrons. The quantitative estimate of drug-likeness (QED) is 0.170. The Balaban J connectivity index is 1.59. The summed E-state index contributed by atoms with van der Waals surface area (Å²) in [5.41, 5.74) is -1.75. The Morgan fingerprint density at radius 1 is 1.06 bits per heavy atom. The van der Waals surface area contributed by atoms with E-state index in [-0.39, 0.29) is 0 Å². The van der Waals surface area contributed by atoms with E-state index >= 15 is 0 Å². The highest BCUT2D eigenvalue weighted by atomic mass is 31.3. The number of hydrogen-bond acceptors (Lipinski definition) is 16. The van der Waals surface area contributed by atoms with Crippen LogP contribution in [0.1, 0.15) is 6.23 Å². The largest absolute Gasteiger partial charge is 0.756 e. The van der Waals surface area contributed by atoms with Crippen molar-refractivity contribution < 1.29 is 67.3 Å². The van der Waals surface area contributed by atoms with Crippen LogP contribution in [0.3, 0.4) is 0 Å². The summed E-state index contributed by atoms with van der Waals surface area (Å²) in [7, 11) is -11.5. The van der Waals surface area contributed by atoms with Crippen LogP contribution in [0.25, 0.3) is 0 Å². The zero-order valence-corrected chi connectivity index (χ0v) is 18.5. The molecule has 0 saturated carbocycles. The van der Waals surface area contributed by atoms with Gasteiger partial charge >= 0.3 is 5.69 Å². The van der Waals surface area contributed by atoms with Crippen LogP contribution in [0, 0.1) is 0 Å². The van der Waals surface area contributed by atoms with Gasteiger partial charge in [0.25, 0.3) is 21.2 Å². The molecule has 0 spiro atoms. The van der Waals surface area contributed by atoms with Crippen LogP contribution in [-0.2, 0) is 32.0 Å². The minimum atomic E-state index is -5.79. The molecule has 2 aliphatic heterocycles. The number of aromatic amines is 1. The van der Waals surface area contributed by atoms with Gasteiger partial charge in [-0.3, -0.25) is 28.0 Å². The van der Waals surface area contributed by atoms with E-state index in [4.69, 9.17) is 4.74 Å². The molecular weight excluding hydrogens is 514 g/mol. The van der Waals surface area contributed by atoms with Crippen molar-refractivity contribution in [2.24, 2.45) is 0 Å². The number of hydrogen-bond donors (Lipinski definition) is 6. The summed E-state index contributed by atoms with van der Waals surface area (Å²) in [6.07, 6.45) is -13.4. The zero-order chi connectivity index (χ0) is 25.4. The number of aromatic nitrogens is 2. The van der Waals surface area contributed by atoms with Gasteiger partial charge in [-0.05, 0) is 0 Å². The number of phosphoric ester groups is 2. The molecule has 2 saturated heterocycles. The molecule has 6 N–H and O–H groups in total. The molecule has 1 aromatic heterocycles. The fourth-order valence-corrected chi connectivity index (χ4v) is 5.15. The van der Waals surface area contributed by atoms with Gasteiger partial charge in [-0.2, -0.15) is 0 Å². The van der Waals surface area contributed by atoms with E-state index in [9.17, 15) is 54.0 Å². The Hall–Kier alpha value is -1.34. The van der Waals surface area contributed by atoms with Crippen molar-refractivity contribution >= 4 is 15.6 Å². The van der Waals surface area contributed by atoms with E-state index in [1.54, 1.807) is 0 Å². The zero-order valence-electron chi connectivity index (χ0n) is 16.8. The summed E-state index contributed by atoms with van der Waals surface area (Å²) in [4.78, 5) is 48.7. The minimum Gasteiger partial charge on any atom is -0.756 e. The smallest absolute Gasteiger partial charge is 0.330 e. The lowest BCUT2D eigenvalue weighted by Gasteiger charge is -2.38. The summed E-state index contributed by atoms with van der Waals surface area (Å²) in [6.45, 7) is -1.73. The molecule has 2 unspecified atom stereocenters. The van der Waals surface area contributed by atoms with Crippen molar-refractivity contribution in [3.05, 3.63) is 33.1 Å². The third-order valence-corrected chi connectivity index (χ3v) is 7.28. The van der Waals surface area contributed by atoms with Crippen LogP contribution < -0.4 is 21.0 Å². The highest BCUT2D eigenvalue weighted by Gasteiger charge is 2.45. The summed E-state index contributed by atoms with van der Waals surface area (Å²) >= 11 is 0. The van der Waals surface area contributed by atoms with Gasteiger partial charge in [-0.15, -0.1) is 0 Å². The Bertz CT molecular complexity index is 1080. The average molecular weight is 534 g/mol. The summed E-state index contributed by atoms with van der Waals surface area (Å²) < 4.78 is 46.8. The van der Waals surface area contributed by atoms with Crippen LogP contribution >= 0.6 is 15.6 Å². The Morgan fingerprint density at radius 3 is 2.38 bits per heavy atom. The first-order valence-electron chi connectivity index (χ1n) is 9.36. The van der Waals surface area contributed by atoms with Crippen molar-refractivity contribution in [2.75, 3.05) is 13.2 Å². The molecule has 0 aliphatic carbocycles. The molecule has 34 heavy (non-hydrogen) atoms. The van der Waals surface area contributed by atoms with E-state index < -0.39 is 89.2 Å². The maximum atomic E-state index is 11.9. The second kappa shape index (κ2) is 10.3. The Morgan fingerprint density at radius 2 is 1.74 bits per heavy atom. The normalized spacial score (nSPS) is 37.7. The predicted molar refractivity (Wildman–Crippen MR) is 98.3 cm³/mol. The monoisotopic (exact) mass is 534 g/mol. The predicted octanol–water partition coefficient (Wildman–Crippen LogP) is -5.42. The fraction of sp³-hybridized carbons (Fsp3) is 0.714. The van der Waals surface area contributed by atoms with E-state index in [0.29, 0.717) is 4.57 Å². The van der Waals surface area contributed by atoms with Gasteiger partial charge in [-0.25, -0.2) is 9.11 Å². The van der Waals surface area contributed by atoms with Gasteiger partial charge < -0.3 is 49.3 Å². The van der Waals surface area contributed by atoms with Gasteiger partial charge in [0.1, 0.15) is 36.6 Å². The number of nitrogens with zero attached hydrogens (tertiary/aromatic N) is 1. The first kappa shape index (κ1) is 27.3. The minimum absolute atomic E-state index is 0.646. The first-order chi connectivity index (χ1) is 15.7. The maximum absolute atomic E-state index is 11.9. The van der Waals surface area contributed by atoms with E-state index in [1.165, 1.54) is 0 Å². The summed E-state index contributed by atoms with van der Waals surface area (Å²) in [5.74, 6) is 0. The van der Waals surface area contributed by atoms with Gasteiger partial charge in [-0.1, -0.05) is 0 Å².